The van der Waals surface area contributed by atoms with Crippen LogP contribution in [-0.2, 0) is 9.53 Å². The molecule has 4 heteroatoms. The number of carbonyl (C=O) groups excluding carboxylic acids is 1. The maximum atomic E-state index is 12.9. The summed E-state index contributed by atoms with van der Waals surface area (Å²) in [5, 5.41) is 5.47. The summed E-state index contributed by atoms with van der Waals surface area (Å²) in [6, 6.07) is 14.4. The van der Waals surface area contributed by atoms with Crippen LogP contribution >= 0.6 is 0 Å². The highest BCUT2D eigenvalue weighted by Gasteiger charge is 2.62. The summed E-state index contributed by atoms with van der Waals surface area (Å²) >= 11 is 0. The fourth-order valence-corrected chi connectivity index (χ4v) is 3.71. The normalized spacial score (nSPS) is 26.0. The lowest BCUT2D eigenvalue weighted by Crippen LogP contribution is -2.75. The van der Waals surface area contributed by atoms with E-state index in [1.165, 1.54) is 10.8 Å². The lowest BCUT2D eigenvalue weighted by atomic mass is 9.54. The minimum atomic E-state index is -0.891. The molecule has 1 fully saturated rings. The Labute approximate surface area is 149 Å². The minimum Gasteiger partial charge on any atom is -0.378 e. The summed E-state index contributed by atoms with van der Waals surface area (Å²) in [5.74, 6) is -0.103. The van der Waals surface area contributed by atoms with Gasteiger partial charge in [-0.1, -0.05) is 50.2 Å². The van der Waals surface area contributed by atoms with Crippen molar-refractivity contribution in [2.45, 2.75) is 51.8 Å². The van der Waals surface area contributed by atoms with E-state index in [4.69, 9.17) is 10.5 Å². The van der Waals surface area contributed by atoms with Gasteiger partial charge in [-0.25, -0.2) is 0 Å². The van der Waals surface area contributed by atoms with Crippen LogP contribution in [0.25, 0.3) is 10.8 Å². The molecule has 3 unspecified atom stereocenters. The first-order valence-electron chi connectivity index (χ1n) is 8.99. The van der Waals surface area contributed by atoms with E-state index >= 15 is 0 Å². The lowest BCUT2D eigenvalue weighted by Gasteiger charge is -2.57. The van der Waals surface area contributed by atoms with E-state index in [1.807, 2.05) is 39.8 Å². The molecule has 2 aromatic rings. The van der Waals surface area contributed by atoms with Gasteiger partial charge in [0.25, 0.3) is 0 Å². The molecule has 3 rings (SSSR count). The second-order valence-electron chi connectivity index (χ2n) is 7.64. The first kappa shape index (κ1) is 17.9. The number of hydrogen-bond acceptors (Lipinski definition) is 3. The predicted molar refractivity (Wildman–Crippen MR) is 101 cm³/mol. The van der Waals surface area contributed by atoms with Crippen molar-refractivity contribution in [1.29, 1.82) is 0 Å². The van der Waals surface area contributed by atoms with Crippen molar-refractivity contribution in [2.75, 3.05) is 6.61 Å². The van der Waals surface area contributed by atoms with Crippen LogP contribution in [-0.4, -0.2) is 24.2 Å². The van der Waals surface area contributed by atoms with Gasteiger partial charge in [0.05, 0.1) is 12.1 Å². The molecule has 2 aromatic carbocycles. The highest BCUT2D eigenvalue weighted by atomic mass is 16.5. The number of carbonyl (C=O) groups is 1. The second-order valence-corrected chi connectivity index (χ2v) is 7.64. The number of nitrogens with two attached hydrogens (primary N) is 1. The van der Waals surface area contributed by atoms with Crippen LogP contribution in [0.1, 0.15) is 45.7 Å². The van der Waals surface area contributed by atoms with Gasteiger partial charge in [-0.2, -0.15) is 0 Å². The third-order valence-electron chi connectivity index (χ3n) is 5.86. The van der Waals surface area contributed by atoms with Gasteiger partial charge >= 0.3 is 0 Å². The zero-order valence-corrected chi connectivity index (χ0v) is 15.5. The van der Waals surface area contributed by atoms with Crippen molar-refractivity contribution < 1.29 is 9.53 Å². The average Bonchev–Trinajstić information content (AvgIpc) is 2.60. The van der Waals surface area contributed by atoms with E-state index in [1.54, 1.807) is 0 Å². The monoisotopic (exact) mass is 340 g/mol. The SMILES string of the molecule is CCOC1CC(N)(C(=O)NC(C)c2ccc3ccccc3c2)C1(C)C. The number of amides is 1. The molecule has 0 saturated heterocycles. The zero-order chi connectivity index (χ0) is 18.2. The Morgan fingerprint density at radius 2 is 1.96 bits per heavy atom. The first-order valence-corrected chi connectivity index (χ1v) is 8.99. The molecule has 0 aliphatic heterocycles. The molecule has 0 heterocycles. The topological polar surface area (TPSA) is 64.3 Å². The molecule has 3 atom stereocenters. The maximum Gasteiger partial charge on any atom is 0.241 e. The first-order chi connectivity index (χ1) is 11.8. The van der Waals surface area contributed by atoms with E-state index in [0.29, 0.717) is 13.0 Å². The Bertz CT molecular complexity index is 786. The molecule has 1 amide bonds. The molecule has 1 saturated carbocycles. The van der Waals surface area contributed by atoms with E-state index in [2.05, 4.69) is 35.6 Å². The average molecular weight is 340 g/mol. The summed E-state index contributed by atoms with van der Waals surface area (Å²) in [6.07, 6.45) is 0.591. The molecule has 0 aromatic heterocycles. The largest absolute Gasteiger partial charge is 0.378 e. The van der Waals surface area contributed by atoms with Crippen molar-refractivity contribution in [3.63, 3.8) is 0 Å². The summed E-state index contributed by atoms with van der Waals surface area (Å²) < 4.78 is 5.72. The highest BCUT2D eigenvalue weighted by Crippen LogP contribution is 2.50. The summed E-state index contributed by atoms with van der Waals surface area (Å²) in [5.41, 5.74) is 6.28. The molecule has 0 bridgehead atoms. The highest BCUT2D eigenvalue weighted by molar-refractivity contribution is 5.89. The molecule has 1 aliphatic rings. The van der Waals surface area contributed by atoms with Gasteiger partial charge in [0.15, 0.2) is 0 Å². The summed E-state index contributed by atoms with van der Waals surface area (Å²) in [6.45, 7) is 8.62. The molecule has 4 nitrogen and oxygen atoms in total. The zero-order valence-electron chi connectivity index (χ0n) is 15.5. The van der Waals surface area contributed by atoms with Crippen LogP contribution in [0.15, 0.2) is 42.5 Å². The van der Waals surface area contributed by atoms with Gasteiger partial charge in [-0.15, -0.1) is 0 Å². The summed E-state index contributed by atoms with van der Waals surface area (Å²) in [7, 11) is 0. The van der Waals surface area contributed by atoms with Crippen LogP contribution in [0.2, 0.25) is 0 Å². The van der Waals surface area contributed by atoms with Crippen molar-refractivity contribution in [3.05, 3.63) is 48.0 Å². The molecule has 3 N–H and O–H groups in total. The van der Waals surface area contributed by atoms with Crippen LogP contribution < -0.4 is 11.1 Å². The van der Waals surface area contributed by atoms with Gasteiger partial charge in [0, 0.05) is 18.4 Å². The molecule has 134 valence electrons. The Balaban J connectivity index is 1.74. The molecule has 0 spiro atoms. The number of hydrogen-bond donors (Lipinski definition) is 2. The third-order valence-corrected chi connectivity index (χ3v) is 5.86. The summed E-state index contributed by atoms with van der Waals surface area (Å²) in [4.78, 5) is 12.9. The van der Waals surface area contributed by atoms with Gasteiger partial charge in [0.1, 0.15) is 5.54 Å². The van der Waals surface area contributed by atoms with Gasteiger partial charge in [-0.3, -0.25) is 4.79 Å². The van der Waals surface area contributed by atoms with Crippen molar-refractivity contribution in [2.24, 2.45) is 11.1 Å². The number of nitrogens with one attached hydrogen (secondary N) is 1. The smallest absolute Gasteiger partial charge is 0.241 e. The van der Waals surface area contributed by atoms with E-state index < -0.39 is 5.54 Å². The molecular weight excluding hydrogens is 312 g/mol. The molecular formula is C21H28N2O2. The van der Waals surface area contributed by atoms with E-state index in [9.17, 15) is 4.79 Å². The van der Waals surface area contributed by atoms with Crippen LogP contribution in [0.4, 0.5) is 0 Å². The quantitative estimate of drug-likeness (QED) is 0.875. The number of benzene rings is 2. The third kappa shape index (κ3) is 2.94. The van der Waals surface area contributed by atoms with Crippen LogP contribution in [0, 0.1) is 5.41 Å². The second kappa shape index (κ2) is 6.43. The molecule has 1 aliphatic carbocycles. The number of fused-ring (bicyclic) bond motifs is 1. The minimum absolute atomic E-state index is 0.0317. The van der Waals surface area contributed by atoms with Crippen molar-refractivity contribution in [1.82, 2.24) is 5.32 Å². The van der Waals surface area contributed by atoms with Crippen molar-refractivity contribution in [3.8, 4) is 0 Å². The lowest BCUT2D eigenvalue weighted by molar-refractivity contribution is -0.171. The number of ether oxygens (including phenoxy) is 1. The Morgan fingerprint density at radius 1 is 1.28 bits per heavy atom. The standard InChI is InChI=1S/C21H28N2O2/c1-5-25-18-13-21(22,20(18,3)4)19(24)23-14(2)16-11-10-15-8-6-7-9-17(15)12-16/h6-12,14,18H,5,13,22H2,1-4H3,(H,23,24). The Morgan fingerprint density at radius 3 is 2.60 bits per heavy atom. The number of rotatable bonds is 5. The van der Waals surface area contributed by atoms with Crippen LogP contribution in [0.3, 0.4) is 0 Å². The molecule has 0 radical (unpaired) electrons. The fraction of sp³-hybridized carbons (Fsp3) is 0.476. The Kier molecular flexibility index (Phi) is 4.60. The predicted octanol–water partition coefficient (Wildman–Crippen LogP) is 3.55. The fourth-order valence-electron chi connectivity index (χ4n) is 3.71. The Hall–Kier alpha value is -1.91. The van der Waals surface area contributed by atoms with E-state index in [0.717, 1.165) is 5.56 Å². The van der Waals surface area contributed by atoms with Gasteiger partial charge < -0.3 is 15.8 Å². The van der Waals surface area contributed by atoms with E-state index in [-0.39, 0.29) is 23.5 Å². The van der Waals surface area contributed by atoms with Crippen molar-refractivity contribution >= 4 is 16.7 Å². The maximum absolute atomic E-state index is 12.9. The van der Waals surface area contributed by atoms with Gasteiger partial charge in [0.2, 0.25) is 5.91 Å². The van der Waals surface area contributed by atoms with Crippen LogP contribution in [0.5, 0.6) is 0 Å². The van der Waals surface area contributed by atoms with Gasteiger partial charge in [-0.05, 0) is 36.2 Å². The molecule has 25 heavy (non-hydrogen) atoms.